The van der Waals surface area contributed by atoms with Crippen LogP contribution in [0.2, 0.25) is 0 Å². The van der Waals surface area contributed by atoms with Crippen molar-refractivity contribution in [2.24, 2.45) is 0 Å². The van der Waals surface area contributed by atoms with Crippen LogP contribution in [0.4, 0.5) is 0 Å². The molecule has 1 fully saturated rings. The minimum absolute atomic E-state index is 0.0337. The minimum Gasteiger partial charge on any atom is -0.348 e. The molecule has 0 aromatic carbocycles. The van der Waals surface area contributed by atoms with E-state index in [0.717, 1.165) is 19.4 Å². The summed E-state index contributed by atoms with van der Waals surface area (Å²) >= 11 is 0. The van der Waals surface area contributed by atoms with E-state index in [1.54, 1.807) is 24.5 Å². The molecule has 1 aromatic heterocycles. The molecule has 86 valence electrons. The highest BCUT2D eigenvalue weighted by molar-refractivity contribution is 5.94. The second-order valence-electron chi connectivity index (χ2n) is 4.21. The molecule has 1 aliphatic heterocycles. The maximum Gasteiger partial charge on any atom is 0.253 e. The molecule has 0 aliphatic carbocycles. The lowest BCUT2D eigenvalue weighted by atomic mass is 9.99. The smallest absolute Gasteiger partial charge is 0.253 e. The van der Waals surface area contributed by atoms with Crippen LogP contribution in [0.1, 0.15) is 30.1 Å². The van der Waals surface area contributed by atoms with Gasteiger partial charge in [0, 0.05) is 24.5 Å². The Morgan fingerprint density at radius 3 is 3.19 bits per heavy atom. The van der Waals surface area contributed by atoms with Crippen molar-refractivity contribution < 1.29 is 4.79 Å². The van der Waals surface area contributed by atoms with Crippen molar-refractivity contribution in [2.45, 2.75) is 31.8 Å². The fourth-order valence-electron chi connectivity index (χ4n) is 1.99. The number of piperidine rings is 1. The Hall–Kier alpha value is -1.42. The standard InChI is InChI=1S/C12H17N3O/c1-9-11(5-3-7-14-9)15-12(16)10-4-2-6-13-8-10/h2,4,6,8-9,11,14H,3,5,7H2,1H3,(H,15,16). The molecule has 2 heterocycles. The Kier molecular flexibility index (Phi) is 3.51. The van der Waals surface area contributed by atoms with Crippen molar-refractivity contribution in [2.75, 3.05) is 6.54 Å². The minimum atomic E-state index is -0.0337. The summed E-state index contributed by atoms with van der Waals surface area (Å²) in [5, 5.41) is 6.40. The molecule has 2 N–H and O–H groups in total. The van der Waals surface area contributed by atoms with Crippen LogP contribution in [0.3, 0.4) is 0 Å². The van der Waals surface area contributed by atoms with Gasteiger partial charge in [0.15, 0.2) is 0 Å². The quantitative estimate of drug-likeness (QED) is 0.778. The zero-order valence-electron chi connectivity index (χ0n) is 9.44. The van der Waals surface area contributed by atoms with Crippen LogP contribution in [0, 0.1) is 0 Å². The van der Waals surface area contributed by atoms with E-state index in [0.29, 0.717) is 11.6 Å². The SMILES string of the molecule is CC1NCCCC1NC(=O)c1cccnc1. The molecule has 1 saturated heterocycles. The Bertz CT molecular complexity index is 353. The molecular formula is C12H17N3O. The lowest BCUT2D eigenvalue weighted by molar-refractivity contribution is 0.0919. The Labute approximate surface area is 95.5 Å². The number of nitrogens with one attached hydrogen (secondary N) is 2. The van der Waals surface area contributed by atoms with Gasteiger partial charge < -0.3 is 10.6 Å². The summed E-state index contributed by atoms with van der Waals surface area (Å²) in [6.07, 6.45) is 5.42. The monoisotopic (exact) mass is 219 g/mol. The van der Waals surface area contributed by atoms with Crippen LogP contribution in [-0.4, -0.2) is 29.5 Å². The van der Waals surface area contributed by atoms with E-state index in [2.05, 4.69) is 22.5 Å². The molecule has 2 rings (SSSR count). The highest BCUT2D eigenvalue weighted by atomic mass is 16.1. The molecular weight excluding hydrogens is 202 g/mol. The molecule has 2 unspecified atom stereocenters. The second kappa shape index (κ2) is 5.07. The third-order valence-electron chi connectivity index (χ3n) is 3.00. The highest BCUT2D eigenvalue weighted by Crippen LogP contribution is 2.09. The maximum atomic E-state index is 11.9. The number of amides is 1. The van der Waals surface area contributed by atoms with Crippen LogP contribution < -0.4 is 10.6 Å². The van der Waals surface area contributed by atoms with Gasteiger partial charge in [-0.05, 0) is 38.4 Å². The third-order valence-corrected chi connectivity index (χ3v) is 3.00. The normalized spacial score (nSPS) is 25.1. The molecule has 0 bridgehead atoms. The number of pyridine rings is 1. The second-order valence-corrected chi connectivity index (χ2v) is 4.21. The van der Waals surface area contributed by atoms with Gasteiger partial charge in [-0.25, -0.2) is 0 Å². The van der Waals surface area contributed by atoms with Crippen molar-refractivity contribution in [3.8, 4) is 0 Å². The zero-order chi connectivity index (χ0) is 11.4. The van der Waals surface area contributed by atoms with Crippen molar-refractivity contribution in [1.29, 1.82) is 0 Å². The molecule has 2 atom stereocenters. The summed E-state index contributed by atoms with van der Waals surface area (Å²) in [6.45, 7) is 3.15. The Morgan fingerprint density at radius 2 is 2.50 bits per heavy atom. The van der Waals surface area contributed by atoms with E-state index in [9.17, 15) is 4.79 Å². The predicted molar refractivity (Wildman–Crippen MR) is 62.2 cm³/mol. The van der Waals surface area contributed by atoms with E-state index in [-0.39, 0.29) is 11.9 Å². The van der Waals surface area contributed by atoms with Gasteiger partial charge in [-0.3, -0.25) is 9.78 Å². The predicted octanol–water partition coefficient (Wildman–Crippen LogP) is 0.952. The first-order valence-corrected chi connectivity index (χ1v) is 5.71. The zero-order valence-corrected chi connectivity index (χ0v) is 9.44. The molecule has 1 amide bonds. The van der Waals surface area contributed by atoms with Crippen molar-refractivity contribution in [3.05, 3.63) is 30.1 Å². The van der Waals surface area contributed by atoms with Gasteiger partial charge in [0.1, 0.15) is 0 Å². The first-order valence-electron chi connectivity index (χ1n) is 5.71. The average molecular weight is 219 g/mol. The van der Waals surface area contributed by atoms with Crippen LogP contribution in [0.5, 0.6) is 0 Å². The first-order chi connectivity index (χ1) is 7.77. The number of carbonyl (C=O) groups is 1. The van der Waals surface area contributed by atoms with Gasteiger partial charge in [-0.1, -0.05) is 0 Å². The molecule has 0 saturated carbocycles. The van der Waals surface area contributed by atoms with Crippen molar-refractivity contribution >= 4 is 5.91 Å². The molecule has 1 aliphatic rings. The lowest BCUT2D eigenvalue weighted by Crippen LogP contribution is -2.51. The summed E-state index contributed by atoms with van der Waals surface area (Å²) in [7, 11) is 0. The molecule has 1 aromatic rings. The van der Waals surface area contributed by atoms with Crippen molar-refractivity contribution in [3.63, 3.8) is 0 Å². The molecule has 4 heteroatoms. The van der Waals surface area contributed by atoms with Gasteiger partial charge >= 0.3 is 0 Å². The summed E-state index contributed by atoms with van der Waals surface area (Å²) in [5.74, 6) is -0.0337. The van der Waals surface area contributed by atoms with Crippen LogP contribution in [0.25, 0.3) is 0 Å². The van der Waals surface area contributed by atoms with E-state index < -0.39 is 0 Å². The van der Waals surface area contributed by atoms with Gasteiger partial charge in [-0.15, -0.1) is 0 Å². The summed E-state index contributed by atoms with van der Waals surface area (Å²) in [5.41, 5.74) is 0.625. The molecule has 4 nitrogen and oxygen atoms in total. The molecule has 0 radical (unpaired) electrons. The number of rotatable bonds is 2. The average Bonchev–Trinajstić information content (AvgIpc) is 2.33. The maximum absolute atomic E-state index is 11.9. The number of nitrogens with zero attached hydrogens (tertiary/aromatic N) is 1. The van der Waals surface area contributed by atoms with Gasteiger partial charge in [0.05, 0.1) is 5.56 Å². The molecule has 16 heavy (non-hydrogen) atoms. The lowest BCUT2D eigenvalue weighted by Gasteiger charge is -2.30. The summed E-state index contributed by atoms with van der Waals surface area (Å²) in [6, 6.07) is 4.12. The molecule has 0 spiro atoms. The van der Waals surface area contributed by atoms with Crippen LogP contribution >= 0.6 is 0 Å². The third kappa shape index (κ3) is 2.58. The number of hydrogen-bond donors (Lipinski definition) is 2. The van der Waals surface area contributed by atoms with E-state index in [1.807, 2.05) is 0 Å². The largest absolute Gasteiger partial charge is 0.348 e. The van der Waals surface area contributed by atoms with E-state index >= 15 is 0 Å². The van der Waals surface area contributed by atoms with E-state index in [4.69, 9.17) is 0 Å². The van der Waals surface area contributed by atoms with Gasteiger partial charge in [0.2, 0.25) is 0 Å². The number of aromatic nitrogens is 1. The van der Waals surface area contributed by atoms with Crippen LogP contribution in [0.15, 0.2) is 24.5 Å². The number of hydrogen-bond acceptors (Lipinski definition) is 3. The fraction of sp³-hybridized carbons (Fsp3) is 0.500. The van der Waals surface area contributed by atoms with Crippen molar-refractivity contribution in [1.82, 2.24) is 15.6 Å². The van der Waals surface area contributed by atoms with Gasteiger partial charge in [-0.2, -0.15) is 0 Å². The van der Waals surface area contributed by atoms with E-state index in [1.165, 1.54) is 0 Å². The first kappa shape index (κ1) is 11.1. The topological polar surface area (TPSA) is 54.0 Å². The fourth-order valence-corrected chi connectivity index (χ4v) is 1.99. The Morgan fingerprint density at radius 1 is 1.62 bits per heavy atom. The highest BCUT2D eigenvalue weighted by Gasteiger charge is 2.22. The summed E-state index contributed by atoms with van der Waals surface area (Å²) < 4.78 is 0. The van der Waals surface area contributed by atoms with Crippen LogP contribution in [-0.2, 0) is 0 Å². The number of carbonyl (C=O) groups excluding carboxylic acids is 1. The van der Waals surface area contributed by atoms with Gasteiger partial charge in [0.25, 0.3) is 5.91 Å². The Balaban J connectivity index is 1.96. The summed E-state index contributed by atoms with van der Waals surface area (Å²) in [4.78, 5) is 15.8.